The van der Waals surface area contributed by atoms with Crippen LogP contribution in [0.15, 0.2) is 65.7 Å². The van der Waals surface area contributed by atoms with E-state index in [4.69, 9.17) is 14.2 Å². The van der Waals surface area contributed by atoms with E-state index in [0.717, 1.165) is 16.7 Å². The molecule has 0 spiro atoms. The van der Waals surface area contributed by atoms with Gasteiger partial charge in [-0.15, -0.1) is 0 Å². The highest BCUT2D eigenvalue weighted by Crippen LogP contribution is 2.37. The summed E-state index contributed by atoms with van der Waals surface area (Å²) in [6, 6.07) is 10.6. The maximum absolute atomic E-state index is 13.1. The lowest BCUT2D eigenvalue weighted by Crippen LogP contribution is -2.21. The number of fused-ring (bicyclic) bond motifs is 1. The van der Waals surface area contributed by atoms with Crippen molar-refractivity contribution < 1.29 is 38.8 Å². The van der Waals surface area contributed by atoms with Gasteiger partial charge in [0.25, 0.3) is 0 Å². The molecule has 0 bridgehead atoms. The fourth-order valence-electron chi connectivity index (χ4n) is 3.80. The summed E-state index contributed by atoms with van der Waals surface area (Å²) in [7, 11) is 0. The Kier molecular flexibility index (Phi) is 7.75. The normalized spacial score (nSPS) is 10.6. The third-order valence-corrected chi connectivity index (χ3v) is 5.47. The van der Waals surface area contributed by atoms with Crippen LogP contribution in [-0.2, 0) is 9.47 Å². The van der Waals surface area contributed by atoms with E-state index in [1.54, 1.807) is 19.9 Å². The molecule has 200 valence electrons. The van der Waals surface area contributed by atoms with Gasteiger partial charge >= 0.3 is 18.2 Å². The minimum Gasteiger partial charge on any atom is -0.504 e. The molecule has 0 unspecified atom stereocenters. The lowest BCUT2D eigenvalue weighted by Gasteiger charge is -2.19. The number of anilines is 1. The first kappa shape index (κ1) is 26.7. The third-order valence-electron chi connectivity index (χ3n) is 5.47. The van der Waals surface area contributed by atoms with E-state index >= 15 is 0 Å². The summed E-state index contributed by atoms with van der Waals surface area (Å²) in [5.41, 5.74) is -0.693. The zero-order chi connectivity index (χ0) is 28.1. The third kappa shape index (κ3) is 5.49. The van der Waals surface area contributed by atoms with Crippen molar-refractivity contribution in [1.29, 1.82) is 0 Å². The fraction of sp³-hybridized carbons (Fsp3) is 0.148. The van der Waals surface area contributed by atoms with Crippen LogP contribution in [-0.4, -0.2) is 51.1 Å². The first-order valence-electron chi connectivity index (χ1n) is 11.7. The number of pyridine rings is 2. The van der Waals surface area contributed by atoms with Gasteiger partial charge in [-0.05, 0) is 50.2 Å². The molecule has 1 amide bonds. The summed E-state index contributed by atoms with van der Waals surface area (Å²) in [4.78, 5) is 54.9. The van der Waals surface area contributed by atoms with Crippen LogP contribution in [0, 0.1) is 0 Å². The van der Waals surface area contributed by atoms with Crippen molar-refractivity contribution in [2.24, 2.45) is 0 Å². The van der Waals surface area contributed by atoms with Crippen LogP contribution < -0.4 is 15.5 Å². The number of esters is 1. The minimum absolute atomic E-state index is 0.00128. The number of carbonyl (C=O) groups excluding carboxylic acids is 3. The molecule has 0 aliphatic carbocycles. The van der Waals surface area contributed by atoms with Crippen LogP contribution in [0.1, 0.15) is 24.2 Å². The summed E-state index contributed by atoms with van der Waals surface area (Å²) in [5.74, 6) is -1.99. The number of carbonyl (C=O) groups is 3. The van der Waals surface area contributed by atoms with Crippen molar-refractivity contribution in [1.82, 2.24) is 9.55 Å². The number of aromatic nitrogens is 2. The van der Waals surface area contributed by atoms with Crippen LogP contribution in [0.5, 0.6) is 17.2 Å². The number of hydrogen-bond donors (Lipinski definition) is 3. The predicted octanol–water partition coefficient (Wildman–Crippen LogP) is 4.27. The second-order valence-electron chi connectivity index (χ2n) is 7.94. The van der Waals surface area contributed by atoms with Crippen molar-refractivity contribution in [3.63, 3.8) is 0 Å². The SMILES string of the molecule is CCOC(=O)Nc1cc(OC(=O)c2cccnc2)ccc1-c1cc(=O)c2ccc(O)c(O)c2n1C(=O)OCC. The Balaban J connectivity index is 1.93. The maximum Gasteiger partial charge on any atom is 0.419 e. The highest BCUT2D eigenvalue weighted by atomic mass is 16.6. The molecule has 12 heteroatoms. The second kappa shape index (κ2) is 11.3. The number of rotatable bonds is 6. The van der Waals surface area contributed by atoms with E-state index in [9.17, 15) is 29.4 Å². The highest BCUT2D eigenvalue weighted by Gasteiger charge is 2.24. The number of amides is 1. The van der Waals surface area contributed by atoms with Crippen LogP contribution in [0.25, 0.3) is 22.2 Å². The molecule has 0 fully saturated rings. The molecule has 12 nitrogen and oxygen atoms in total. The van der Waals surface area contributed by atoms with Gasteiger partial charge in [-0.25, -0.2) is 19.0 Å². The topological polar surface area (TPSA) is 166 Å². The van der Waals surface area contributed by atoms with Crippen molar-refractivity contribution in [2.45, 2.75) is 13.8 Å². The molecule has 0 atom stereocenters. The highest BCUT2D eigenvalue weighted by molar-refractivity contribution is 6.00. The van der Waals surface area contributed by atoms with Gasteiger partial charge in [0.2, 0.25) is 0 Å². The maximum atomic E-state index is 13.1. The summed E-state index contributed by atoms with van der Waals surface area (Å²) >= 11 is 0. The number of hydrogen-bond acceptors (Lipinski definition) is 10. The molecule has 2 aromatic carbocycles. The largest absolute Gasteiger partial charge is 0.504 e. The van der Waals surface area contributed by atoms with E-state index in [0.29, 0.717) is 0 Å². The summed E-state index contributed by atoms with van der Waals surface area (Å²) in [6.45, 7) is 3.18. The Morgan fingerprint density at radius 2 is 1.77 bits per heavy atom. The number of nitrogens with one attached hydrogen (secondary N) is 1. The summed E-state index contributed by atoms with van der Waals surface area (Å²) in [6.07, 6.45) is 0.994. The van der Waals surface area contributed by atoms with E-state index in [1.807, 2.05) is 0 Å². The minimum atomic E-state index is -0.965. The Bertz CT molecular complexity index is 1630. The van der Waals surface area contributed by atoms with E-state index < -0.39 is 35.1 Å². The summed E-state index contributed by atoms with van der Waals surface area (Å²) < 4.78 is 16.5. The average Bonchev–Trinajstić information content (AvgIpc) is 2.91. The van der Waals surface area contributed by atoms with Crippen LogP contribution in [0.3, 0.4) is 0 Å². The molecule has 0 radical (unpaired) electrons. The van der Waals surface area contributed by atoms with Crippen LogP contribution in [0.2, 0.25) is 0 Å². The molecule has 2 aromatic heterocycles. The number of phenols is 2. The fourth-order valence-corrected chi connectivity index (χ4v) is 3.80. The lowest BCUT2D eigenvalue weighted by molar-refractivity contribution is 0.0734. The van der Waals surface area contributed by atoms with E-state index in [2.05, 4.69) is 10.3 Å². The van der Waals surface area contributed by atoms with Crippen molar-refractivity contribution in [2.75, 3.05) is 18.5 Å². The Hall–Kier alpha value is -5.39. The molecule has 2 heterocycles. The Morgan fingerprint density at radius 3 is 2.46 bits per heavy atom. The Labute approximate surface area is 221 Å². The molecule has 3 N–H and O–H groups in total. The smallest absolute Gasteiger partial charge is 0.419 e. The van der Waals surface area contributed by atoms with Crippen molar-refractivity contribution in [3.8, 4) is 28.5 Å². The molecule has 39 heavy (non-hydrogen) atoms. The molecular weight excluding hydrogens is 510 g/mol. The van der Waals surface area contributed by atoms with Gasteiger partial charge in [0.1, 0.15) is 11.3 Å². The Morgan fingerprint density at radius 1 is 1.00 bits per heavy atom. The predicted molar refractivity (Wildman–Crippen MR) is 139 cm³/mol. The molecular formula is C27H23N3O9. The number of nitrogens with zero attached hydrogens (tertiary/aromatic N) is 2. The molecule has 0 saturated carbocycles. The van der Waals surface area contributed by atoms with Gasteiger partial charge in [-0.1, -0.05) is 0 Å². The number of aromatic hydroxyl groups is 2. The molecule has 0 aliphatic heterocycles. The van der Waals surface area contributed by atoms with Gasteiger partial charge in [0.05, 0.1) is 35.5 Å². The van der Waals surface area contributed by atoms with Gasteiger partial charge in [-0.3, -0.25) is 15.1 Å². The van der Waals surface area contributed by atoms with Crippen LogP contribution in [0.4, 0.5) is 15.3 Å². The standard InChI is InChI=1S/C27H23N3O9/c1-3-37-26(35)29-19-12-16(39-25(34)15-6-5-11-28-14-15)7-8-17(19)20-13-22(32)18-9-10-21(31)24(33)23(18)30(20)27(36)38-4-2/h5-14,31,33H,3-4H2,1-2H3,(H,29,35). The second-order valence-corrected chi connectivity index (χ2v) is 7.94. The zero-order valence-corrected chi connectivity index (χ0v) is 20.8. The van der Waals surface area contributed by atoms with Gasteiger partial charge in [0.15, 0.2) is 16.9 Å². The lowest BCUT2D eigenvalue weighted by atomic mass is 10.0. The number of phenolic OH excluding ortho intramolecular Hbond substituents is 2. The van der Waals surface area contributed by atoms with Crippen LogP contribution >= 0.6 is 0 Å². The van der Waals surface area contributed by atoms with Gasteiger partial charge < -0.3 is 24.4 Å². The summed E-state index contributed by atoms with van der Waals surface area (Å²) in [5, 5.41) is 23.2. The molecule has 0 saturated heterocycles. The number of ether oxygens (including phenoxy) is 3. The van der Waals surface area contributed by atoms with Gasteiger partial charge in [0, 0.05) is 30.1 Å². The monoisotopic (exact) mass is 533 g/mol. The van der Waals surface area contributed by atoms with Gasteiger partial charge in [-0.2, -0.15) is 0 Å². The first-order valence-corrected chi connectivity index (χ1v) is 11.7. The molecule has 4 rings (SSSR count). The van der Waals surface area contributed by atoms with Crippen molar-refractivity contribution in [3.05, 3.63) is 76.7 Å². The average molecular weight is 533 g/mol. The molecule has 0 aliphatic rings. The van der Waals surface area contributed by atoms with E-state index in [-0.39, 0.29) is 52.4 Å². The van der Waals surface area contributed by atoms with E-state index in [1.165, 1.54) is 42.7 Å². The number of benzene rings is 2. The zero-order valence-electron chi connectivity index (χ0n) is 20.8. The quantitative estimate of drug-likeness (QED) is 0.185. The van der Waals surface area contributed by atoms with Crippen molar-refractivity contribution >= 4 is 34.7 Å². The molecule has 4 aromatic rings. The first-order chi connectivity index (χ1) is 18.7.